The van der Waals surface area contributed by atoms with Crippen molar-refractivity contribution in [2.75, 3.05) is 5.32 Å². The van der Waals surface area contributed by atoms with Crippen LogP contribution in [0.15, 0.2) is 60.7 Å². The van der Waals surface area contributed by atoms with Crippen molar-refractivity contribution in [1.29, 1.82) is 0 Å². The van der Waals surface area contributed by atoms with Gasteiger partial charge < -0.3 is 5.32 Å². The summed E-state index contributed by atoms with van der Waals surface area (Å²) in [4.78, 5) is 13.8. The second kappa shape index (κ2) is 10.1. The van der Waals surface area contributed by atoms with Gasteiger partial charge in [0.2, 0.25) is 0 Å². The summed E-state index contributed by atoms with van der Waals surface area (Å²) in [6.45, 7) is 2.17. The summed E-state index contributed by atoms with van der Waals surface area (Å²) in [6.07, 6.45) is 3.36. The predicted molar refractivity (Wildman–Crippen MR) is 133 cm³/mol. The highest BCUT2D eigenvalue weighted by molar-refractivity contribution is 7.80. The Bertz CT molecular complexity index is 1310. The molecule has 0 atom stereocenters. The number of aromatic nitrogens is 3. The molecule has 0 aliphatic heterocycles. The number of aryl methyl sites for hydroxylation is 1. The molecule has 0 bridgehead atoms. The predicted octanol–water partition coefficient (Wildman–Crippen LogP) is 5.68. The summed E-state index contributed by atoms with van der Waals surface area (Å²) in [7, 11) is 0. The van der Waals surface area contributed by atoms with Crippen LogP contribution in [0.3, 0.4) is 0 Å². The zero-order chi connectivity index (χ0) is 23.4. The van der Waals surface area contributed by atoms with E-state index >= 15 is 0 Å². The molecule has 0 unspecified atom stereocenters. The van der Waals surface area contributed by atoms with Crippen molar-refractivity contribution in [1.82, 2.24) is 20.3 Å². The molecule has 4 rings (SSSR count). The van der Waals surface area contributed by atoms with Gasteiger partial charge in [0.15, 0.2) is 5.11 Å². The van der Waals surface area contributed by atoms with Gasteiger partial charge >= 0.3 is 0 Å². The summed E-state index contributed by atoms with van der Waals surface area (Å²) < 4.78 is 13.0. The lowest BCUT2D eigenvalue weighted by Crippen LogP contribution is -2.34. The molecule has 33 heavy (non-hydrogen) atoms. The molecule has 1 amide bonds. The highest BCUT2D eigenvalue weighted by Gasteiger charge is 2.13. The quantitative estimate of drug-likeness (QED) is 0.346. The lowest BCUT2D eigenvalue weighted by molar-refractivity contribution is 0.0977. The molecule has 0 spiro atoms. The zero-order valence-electron chi connectivity index (χ0n) is 17.8. The van der Waals surface area contributed by atoms with Crippen LogP contribution in [-0.2, 0) is 6.42 Å². The summed E-state index contributed by atoms with van der Waals surface area (Å²) in [5.41, 5.74) is 4.13. The average Bonchev–Trinajstić information content (AvgIpc) is 3.21. The van der Waals surface area contributed by atoms with Crippen molar-refractivity contribution in [2.24, 2.45) is 0 Å². The van der Waals surface area contributed by atoms with Gasteiger partial charge in [-0.15, -0.1) is 10.2 Å². The maximum absolute atomic E-state index is 13.0. The van der Waals surface area contributed by atoms with Crippen LogP contribution in [0, 0.1) is 5.82 Å². The van der Waals surface area contributed by atoms with Gasteiger partial charge in [-0.2, -0.15) is 4.80 Å². The standard InChI is InChI=1S/C24H21ClFN5OS/c1-2-3-4-15-5-11-18(12-6-15)31-29-21-13-19(25)20(14-22(21)30-31)27-24(33)28-23(32)16-7-9-17(26)10-8-16/h5-14H,2-4H2,1H3,(H2,27,28,32,33). The normalized spacial score (nSPS) is 10.9. The van der Waals surface area contributed by atoms with Gasteiger partial charge in [0.1, 0.15) is 16.9 Å². The van der Waals surface area contributed by atoms with Crippen LogP contribution in [0.1, 0.15) is 35.7 Å². The maximum atomic E-state index is 13.0. The van der Waals surface area contributed by atoms with Crippen molar-refractivity contribution in [3.05, 3.63) is 82.6 Å². The van der Waals surface area contributed by atoms with E-state index in [-0.39, 0.29) is 10.7 Å². The van der Waals surface area contributed by atoms with Crippen molar-refractivity contribution in [3.63, 3.8) is 0 Å². The van der Waals surface area contributed by atoms with E-state index in [1.54, 1.807) is 16.9 Å². The molecule has 0 saturated carbocycles. The number of hydrogen-bond donors (Lipinski definition) is 2. The fourth-order valence-corrected chi connectivity index (χ4v) is 3.66. The highest BCUT2D eigenvalue weighted by atomic mass is 35.5. The number of nitrogens with one attached hydrogen (secondary N) is 2. The molecule has 1 heterocycles. The van der Waals surface area contributed by atoms with Crippen LogP contribution in [0.2, 0.25) is 5.02 Å². The molecule has 4 aromatic rings. The first-order valence-corrected chi connectivity index (χ1v) is 11.3. The molecule has 2 N–H and O–H groups in total. The Morgan fingerprint density at radius 3 is 2.39 bits per heavy atom. The number of unbranched alkanes of at least 4 members (excludes halogenated alkanes) is 1. The number of fused-ring (bicyclic) bond motifs is 1. The Balaban J connectivity index is 1.48. The number of halogens is 2. The molecule has 0 saturated heterocycles. The Hall–Kier alpha value is -3.36. The minimum absolute atomic E-state index is 0.0561. The number of anilines is 1. The molecule has 3 aromatic carbocycles. The SMILES string of the molecule is CCCCc1ccc(-n2nc3cc(Cl)c(NC(=S)NC(=O)c4ccc(F)cc4)cc3n2)cc1. The summed E-state index contributed by atoms with van der Waals surface area (Å²) in [5.74, 6) is -0.883. The number of carbonyl (C=O) groups is 1. The Morgan fingerprint density at radius 1 is 1.06 bits per heavy atom. The van der Waals surface area contributed by atoms with E-state index in [0.29, 0.717) is 21.7 Å². The number of hydrogen-bond acceptors (Lipinski definition) is 4. The van der Waals surface area contributed by atoms with Crippen molar-refractivity contribution in [3.8, 4) is 5.69 Å². The Kier molecular flexibility index (Phi) is 6.96. The molecule has 0 aliphatic rings. The molecular weight excluding hydrogens is 461 g/mol. The minimum Gasteiger partial charge on any atom is -0.331 e. The van der Waals surface area contributed by atoms with Gasteiger partial charge in [-0.05, 0) is 79.2 Å². The highest BCUT2D eigenvalue weighted by Crippen LogP contribution is 2.27. The van der Waals surface area contributed by atoms with E-state index in [4.69, 9.17) is 23.8 Å². The minimum atomic E-state index is -0.460. The van der Waals surface area contributed by atoms with Gasteiger partial charge in [0.25, 0.3) is 5.91 Å². The third kappa shape index (κ3) is 5.53. The Morgan fingerprint density at radius 2 is 1.73 bits per heavy atom. The number of rotatable bonds is 6. The number of amides is 1. The van der Waals surface area contributed by atoms with E-state index in [1.807, 2.05) is 12.1 Å². The molecule has 168 valence electrons. The van der Waals surface area contributed by atoms with E-state index in [1.165, 1.54) is 29.8 Å². The van der Waals surface area contributed by atoms with Gasteiger partial charge in [-0.25, -0.2) is 4.39 Å². The number of carbonyl (C=O) groups excluding carboxylic acids is 1. The Labute approximate surface area is 200 Å². The van der Waals surface area contributed by atoms with Gasteiger partial charge in [0, 0.05) is 5.56 Å². The smallest absolute Gasteiger partial charge is 0.257 e. The van der Waals surface area contributed by atoms with Gasteiger partial charge in [0.05, 0.1) is 16.4 Å². The zero-order valence-corrected chi connectivity index (χ0v) is 19.4. The van der Waals surface area contributed by atoms with Crippen LogP contribution < -0.4 is 10.6 Å². The van der Waals surface area contributed by atoms with Gasteiger partial charge in [-0.1, -0.05) is 37.1 Å². The molecule has 9 heteroatoms. The first-order valence-electron chi connectivity index (χ1n) is 10.5. The van der Waals surface area contributed by atoms with Gasteiger partial charge in [-0.3, -0.25) is 10.1 Å². The maximum Gasteiger partial charge on any atom is 0.257 e. The largest absolute Gasteiger partial charge is 0.331 e. The molecule has 0 radical (unpaired) electrons. The monoisotopic (exact) mass is 481 g/mol. The molecule has 0 aliphatic carbocycles. The second-order valence-electron chi connectivity index (χ2n) is 7.50. The van der Waals surface area contributed by atoms with E-state index < -0.39 is 11.7 Å². The number of benzene rings is 3. The molecular formula is C24H21ClFN5OS. The number of nitrogens with zero attached hydrogens (tertiary/aromatic N) is 3. The summed E-state index contributed by atoms with van der Waals surface area (Å²) >= 11 is 11.6. The first-order chi connectivity index (χ1) is 15.9. The molecule has 0 fully saturated rings. The van der Waals surface area contributed by atoms with E-state index in [2.05, 4.69) is 39.9 Å². The summed E-state index contributed by atoms with van der Waals surface area (Å²) in [5, 5.41) is 14.9. The van der Waals surface area contributed by atoms with Crippen LogP contribution in [0.4, 0.5) is 10.1 Å². The van der Waals surface area contributed by atoms with Crippen LogP contribution in [0.5, 0.6) is 0 Å². The first kappa shape index (κ1) is 22.8. The van der Waals surface area contributed by atoms with Crippen LogP contribution >= 0.6 is 23.8 Å². The average molecular weight is 482 g/mol. The van der Waals surface area contributed by atoms with Crippen molar-refractivity contribution >= 4 is 51.6 Å². The fourth-order valence-electron chi connectivity index (χ4n) is 3.26. The third-order valence-electron chi connectivity index (χ3n) is 5.04. The van der Waals surface area contributed by atoms with Crippen molar-refractivity contribution < 1.29 is 9.18 Å². The van der Waals surface area contributed by atoms with Crippen molar-refractivity contribution in [2.45, 2.75) is 26.2 Å². The summed E-state index contributed by atoms with van der Waals surface area (Å²) in [6, 6.07) is 16.7. The lowest BCUT2D eigenvalue weighted by atomic mass is 10.1. The van der Waals surface area contributed by atoms with Crippen LogP contribution in [-0.4, -0.2) is 26.0 Å². The third-order valence-corrected chi connectivity index (χ3v) is 5.55. The number of thiocarbonyl (C=S) groups is 1. The topological polar surface area (TPSA) is 71.8 Å². The van der Waals surface area contributed by atoms with E-state index in [9.17, 15) is 9.18 Å². The molecule has 6 nitrogen and oxygen atoms in total. The fraction of sp³-hybridized carbons (Fsp3) is 0.167. The molecule has 1 aromatic heterocycles. The second-order valence-corrected chi connectivity index (χ2v) is 8.31. The van der Waals surface area contributed by atoms with Crippen LogP contribution in [0.25, 0.3) is 16.7 Å². The lowest BCUT2D eigenvalue weighted by Gasteiger charge is -2.10. The van der Waals surface area contributed by atoms with E-state index in [0.717, 1.165) is 24.9 Å².